The smallest absolute Gasteiger partial charge is 0.105 e. The lowest BCUT2D eigenvalue weighted by Gasteiger charge is -2.30. The molecule has 0 N–H and O–H groups in total. The molecule has 14 heavy (non-hydrogen) atoms. The third-order valence-electron chi connectivity index (χ3n) is 3.36. The Morgan fingerprint density at radius 2 is 2.43 bits per heavy atom. The van der Waals surface area contributed by atoms with Crippen molar-refractivity contribution in [1.82, 2.24) is 14.9 Å². The minimum absolute atomic E-state index is 0.271. The molecule has 74 valence electrons. The molecule has 4 heteroatoms. The van der Waals surface area contributed by atoms with Crippen molar-refractivity contribution in [3.05, 3.63) is 24.3 Å². The van der Waals surface area contributed by atoms with Crippen molar-refractivity contribution in [3.63, 3.8) is 0 Å². The van der Waals surface area contributed by atoms with E-state index in [0.717, 1.165) is 18.8 Å². The Balaban J connectivity index is 1.98. The Morgan fingerprint density at radius 1 is 1.50 bits per heavy atom. The van der Waals surface area contributed by atoms with Gasteiger partial charge in [0, 0.05) is 25.5 Å². The number of hydrogen-bond donors (Lipinski definition) is 0. The van der Waals surface area contributed by atoms with Gasteiger partial charge in [0.2, 0.25) is 0 Å². The largest absolute Gasteiger partial charge is 0.301 e. The number of nitrogens with zero attached hydrogens (tertiary/aromatic N) is 3. The lowest BCUT2D eigenvalue weighted by Crippen LogP contribution is -2.35. The van der Waals surface area contributed by atoms with E-state index in [1.165, 1.54) is 13.0 Å². The molecule has 2 fully saturated rings. The summed E-state index contributed by atoms with van der Waals surface area (Å²) in [5.74, 6) is 0.556. The van der Waals surface area contributed by atoms with E-state index in [4.69, 9.17) is 11.6 Å². The van der Waals surface area contributed by atoms with Crippen LogP contribution in [0.4, 0.5) is 0 Å². The van der Waals surface area contributed by atoms with Gasteiger partial charge in [0.25, 0.3) is 0 Å². The summed E-state index contributed by atoms with van der Waals surface area (Å²) in [6, 6.07) is 0. The molecule has 3 atom stereocenters. The minimum Gasteiger partial charge on any atom is -0.301 e. The van der Waals surface area contributed by atoms with E-state index in [1.807, 2.05) is 0 Å². The standard InChI is InChI=1S/C10H12ClN3/c11-10(9-5-12-2-3-13-9)7-14-4-1-8(10)6-14/h2-3,5,8H,1,4,6-7H2. The van der Waals surface area contributed by atoms with Crippen molar-refractivity contribution < 1.29 is 0 Å². The molecule has 0 amide bonds. The zero-order chi connectivity index (χ0) is 9.60. The molecular weight excluding hydrogens is 198 g/mol. The highest BCUT2D eigenvalue weighted by Crippen LogP contribution is 2.47. The topological polar surface area (TPSA) is 29.0 Å². The molecular formula is C10H12ClN3. The van der Waals surface area contributed by atoms with E-state index in [0.29, 0.717) is 5.92 Å². The van der Waals surface area contributed by atoms with Gasteiger partial charge >= 0.3 is 0 Å². The predicted octanol–water partition coefficient (Wildman–Crippen LogP) is 1.25. The number of halogens is 1. The van der Waals surface area contributed by atoms with E-state index in [-0.39, 0.29) is 4.87 Å². The second kappa shape index (κ2) is 2.91. The maximum Gasteiger partial charge on any atom is 0.105 e. The van der Waals surface area contributed by atoms with Gasteiger partial charge in [0.05, 0.1) is 11.9 Å². The SMILES string of the molecule is ClC1(c2cnccn2)CN2CCC1C2. The van der Waals surface area contributed by atoms with Gasteiger partial charge in [0.1, 0.15) is 4.87 Å². The molecule has 0 radical (unpaired) electrons. The van der Waals surface area contributed by atoms with Crippen molar-refractivity contribution in [2.75, 3.05) is 19.6 Å². The molecule has 3 rings (SSSR count). The van der Waals surface area contributed by atoms with Gasteiger partial charge in [-0.3, -0.25) is 9.97 Å². The highest BCUT2D eigenvalue weighted by molar-refractivity contribution is 6.24. The zero-order valence-corrected chi connectivity index (χ0v) is 8.61. The van der Waals surface area contributed by atoms with Crippen LogP contribution in [0, 0.1) is 5.92 Å². The van der Waals surface area contributed by atoms with E-state index < -0.39 is 0 Å². The summed E-state index contributed by atoms with van der Waals surface area (Å²) in [4.78, 5) is 10.6. The highest BCUT2D eigenvalue weighted by Gasteiger charge is 2.51. The van der Waals surface area contributed by atoms with E-state index >= 15 is 0 Å². The lowest BCUT2D eigenvalue weighted by atomic mass is 9.89. The van der Waals surface area contributed by atoms with E-state index in [9.17, 15) is 0 Å². The molecule has 0 saturated carbocycles. The fraction of sp³-hybridized carbons (Fsp3) is 0.600. The van der Waals surface area contributed by atoms with Gasteiger partial charge in [-0.05, 0) is 18.9 Å². The van der Waals surface area contributed by atoms with Gasteiger partial charge in [-0.2, -0.15) is 0 Å². The summed E-state index contributed by atoms with van der Waals surface area (Å²) in [6.45, 7) is 3.25. The van der Waals surface area contributed by atoms with Crippen molar-refractivity contribution >= 4 is 11.6 Å². The number of fused-ring (bicyclic) bond motifs is 2. The zero-order valence-electron chi connectivity index (χ0n) is 7.86. The molecule has 2 saturated heterocycles. The van der Waals surface area contributed by atoms with Crippen molar-refractivity contribution in [1.29, 1.82) is 0 Å². The van der Waals surface area contributed by atoms with Gasteiger partial charge in [0.15, 0.2) is 0 Å². The first-order valence-corrected chi connectivity index (χ1v) is 5.34. The fourth-order valence-electron chi connectivity index (χ4n) is 2.61. The van der Waals surface area contributed by atoms with Crippen molar-refractivity contribution in [3.8, 4) is 0 Å². The molecule has 0 aliphatic carbocycles. The third kappa shape index (κ3) is 1.09. The molecule has 1 aromatic heterocycles. The second-order valence-corrected chi connectivity index (χ2v) is 4.85. The molecule has 2 aliphatic rings. The summed E-state index contributed by atoms with van der Waals surface area (Å²) in [6.07, 6.45) is 6.41. The van der Waals surface area contributed by atoms with Crippen LogP contribution in [-0.2, 0) is 4.87 Å². The quantitative estimate of drug-likeness (QED) is 0.652. The van der Waals surface area contributed by atoms with Gasteiger partial charge in [-0.25, -0.2) is 0 Å². The average Bonchev–Trinajstić information content (AvgIpc) is 2.79. The van der Waals surface area contributed by atoms with Crippen LogP contribution in [0.1, 0.15) is 12.1 Å². The molecule has 3 heterocycles. The van der Waals surface area contributed by atoms with Crippen molar-refractivity contribution in [2.45, 2.75) is 11.3 Å². The molecule has 1 aromatic rings. The van der Waals surface area contributed by atoms with E-state index in [2.05, 4.69) is 14.9 Å². The Bertz CT molecular complexity index is 342. The maximum atomic E-state index is 6.65. The first-order chi connectivity index (χ1) is 6.79. The number of hydrogen-bond acceptors (Lipinski definition) is 3. The number of rotatable bonds is 1. The molecule has 3 unspecified atom stereocenters. The Labute approximate surface area is 88.1 Å². The number of alkyl halides is 1. The highest BCUT2D eigenvalue weighted by atomic mass is 35.5. The van der Waals surface area contributed by atoms with Crippen molar-refractivity contribution in [2.24, 2.45) is 5.92 Å². The summed E-state index contributed by atoms with van der Waals surface area (Å²) >= 11 is 6.65. The van der Waals surface area contributed by atoms with Crippen LogP contribution in [0.2, 0.25) is 0 Å². The molecule has 0 spiro atoms. The van der Waals surface area contributed by atoms with Gasteiger partial charge in [-0.15, -0.1) is 11.6 Å². The first kappa shape index (κ1) is 8.62. The summed E-state index contributed by atoms with van der Waals surface area (Å²) in [5.41, 5.74) is 0.939. The van der Waals surface area contributed by atoms with Crippen LogP contribution in [0.15, 0.2) is 18.6 Å². The van der Waals surface area contributed by atoms with Gasteiger partial charge in [-0.1, -0.05) is 0 Å². The molecule has 2 aliphatic heterocycles. The third-order valence-corrected chi connectivity index (χ3v) is 3.98. The second-order valence-electron chi connectivity index (χ2n) is 4.17. The van der Waals surface area contributed by atoms with Crippen LogP contribution in [0.5, 0.6) is 0 Å². The lowest BCUT2D eigenvalue weighted by molar-refractivity contribution is 0.320. The molecule has 0 aromatic carbocycles. The predicted molar refractivity (Wildman–Crippen MR) is 54.1 cm³/mol. The van der Waals surface area contributed by atoms with Crippen LogP contribution in [0.3, 0.4) is 0 Å². The fourth-order valence-corrected chi connectivity index (χ4v) is 3.05. The monoisotopic (exact) mass is 209 g/mol. The number of piperidine rings is 1. The van der Waals surface area contributed by atoms with Crippen LogP contribution >= 0.6 is 11.6 Å². The first-order valence-electron chi connectivity index (χ1n) is 4.97. The van der Waals surface area contributed by atoms with Crippen LogP contribution < -0.4 is 0 Å². The molecule has 2 bridgehead atoms. The Kier molecular flexibility index (Phi) is 1.79. The Morgan fingerprint density at radius 3 is 3.00 bits per heavy atom. The summed E-state index contributed by atoms with van der Waals surface area (Å²) in [7, 11) is 0. The van der Waals surface area contributed by atoms with Gasteiger partial charge < -0.3 is 4.90 Å². The number of aromatic nitrogens is 2. The summed E-state index contributed by atoms with van der Waals surface area (Å²) in [5, 5.41) is 0. The van der Waals surface area contributed by atoms with Crippen LogP contribution in [0.25, 0.3) is 0 Å². The van der Waals surface area contributed by atoms with E-state index in [1.54, 1.807) is 18.6 Å². The molecule has 3 nitrogen and oxygen atoms in total. The normalized spacial score (nSPS) is 40.4. The maximum absolute atomic E-state index is 6.65. The Hall–Kier alpha value is -0.670. The van der Waals surface area contributed by atoms with Crippen LogP contribution in [-0.4, -0.2) is 34.5 Å². The average molecular weight is 210 g/mol. The minimum atomic E-state index is -0.271. The summed E-state index contributed by atoms with van der Waals surface area (Å²) < 4.78 is 0.